The second-order valence-corrected chi connectivity index (χ2v) is 5.66. The number of methoxy groups -OCH3 is 1. The molecule has 2 aromatic rings. The van der Waals surface area contributed by atoms with E-state index in [1.165, 1.54) is 22.3 Å². The van der Waals surface area contributed by atoms with Gasteiger partial charge in [-0.05, 0) is 67.5 Å². The maximum absolute atomic E-state index is 10.2. The molecule has 0 fully saturated rings. The maximum Gasteiger partial charge on any atom is 0.118 e. The van der Waals surface area contributed by atoms with Crippen molar-refractivity contribution in [2.45, 2.75) is 39.2 Å². The lowest BCUT2D eigenvalue weighted by Gasteiger charge is -2.12. The normalized spacial score (nSPS) is 12.2. The van der Waals surface area contributed by atoms with Gasteiger partial charge in [0, 0.05) is 0 Å². The van der Waals surface area contributed by atoms with Crippen LogP contribution in [0.1, 0.15) is 28.7 Å². The highest BCUT2D eigenvalue weighted by molar-refractivity contribution is 5.30. The lowest BCUT2D eigenvalue weighted by Crippen LogP contribution is -2.11. The van der Waals surface area contributed by atoms with Gasteiger partial charge in [0.2, 0.25) is 0 Å². The SMILES string of the molecule is COc1ccc(CCC(O)Cc2ccc(C)c(C)c2)cc1. The summed E-state index contributed by atoms with van der Waals surface area (Å²) in [7, 11) is 1.67. The molecular formula is C19H24O2. The molecule has 0 heterocycles. The molecule has 0 saturated heterocycles. The number of rotatable bonds is 6. The molecule has 1 N–H and O–H groups in total. The van der Waals surface area contributed by atoms with E-state index in [0.717, 1.165) is 25.0 Å². The molecule has 0 aliphatic heterocycles. The smallest absolute Gasteiger partial charge is 0.118 e. The van der Waals surface area contributed by atoms with E-state index in [9.17, 15) is 5.11 Å². The average Bonchev–Trinajstić information content (AvgIpc) is 2.49. The molecule has 0 amide bonds. The van der Waals surface area contributed by atoms with E-state index < -0.39 is 0 Å². The first-order chi connectivity index (χ1) is 10.1. The Morgan fingerprint density at radius 2 is 1.62 bits per heavy atom. The molecule has 0 spiro atoms. The Morgan fingerprint density at radius 3 is 2.24 bits per heavy atom. The van der Waals surface area contributed by atoms with Crippen LogP contribution in [0.4, 0.5) is 0 Å². The second kappa shape index (κ2) is 7.28. The van der Waals surface area contributed by atoms with Gasteiger partial charge in [0.15, 0.2) is 0 Å². The molecule has 2 nitrogen and oxygen atoms in total. The van der Waals surface area contributed by atoms with Crippen LogP contribution in [0.2, 0.25) is 0 Å². The molecule has 2 rings (SSSR count). The Labute approximate surface area is 127 Å². The van der Waals surface area contributed by atoms with Crippen LogP contribution in [0.15, 0.2) is 42.5 Å². The van der Waals surface area contributed by atoms with E-state index in [1.54, 1.807) is 7.11 Å². The molecule has 0 saturated carbocycles. The number of hydrogen-bond acceptors (Lipinski definition) is 2. The lowest BCUT2D eigenvalue weighted by atomic mass is 9.98. The number of aliphatic hydroxyl groups is 1. The summed E-state index contributed by atoms with van der Waals surface area (Å²) in [5.74, 6) is 0.870. The van der Waals surface area contributed by atoms with Gasteiger partial charge in [-0.15, -0.1) is 0 Å². The van der Waals surface area contributed by atoms with Gasteiger partial charge >= 0.3 is 0 Å². The molecule has 21 heavy (non-hydrogen) atoms. The third-order valence-electron chi connectivity index (χ3n) is 3.97. The van der Waals surface area contributed by atoms with E-state index in [1.807, 2.05) is 12.1 Å². The van der Waals surface area contributed by atoms with E-state index in [2.05, 4.69) is 44.2 Å². The summed E-state index contributed by atoms with van der Waals surface area (Å²) in [4.78, 5) is 0. The van der Waals surface area contributed by atoms with Crippen molar-refractivity contribution in [2.24, 2.45) is 0 Å². The summed E-state index contributed by atoms with van der Waals surface area (Å²) in [6, 6.07) is 14.4. The zero-order valence-electron chi connectivity index (χ0n) is 13.1. The summed E-state index contributed by atoms with van der Waals surface area (Å²) in [5.41, 5.74) is 5.02. The van der Waals surface area contributed by atoms with Gasteiger partial charge in [0.25, 0.3) is 0 Å². The minimum absolute atomic E-state index is 0.297. The first-order valence-electron chi connectivity index (χ1n) is 7.45. The number of benzene rings is 2. The molecule has 1 atom stereocenters. The van der Waals surface area contributed by atoms with Crippen molar-refractivity contribution in [3.05, 3.63) is 64.7 Å². The van der Waals surface area contributed by atoms with Gasteiger partial charge in [-0.3, -0.25) is 0 Å². The number of aryl methyl sites for hydroxylation is 3. The number of hydrogen-bond donors (Lipinski definition) is 1. The van der Waals surface area contributed by atoms with Crippen LogP contribution in [0.3, 0.4) is 0 Å². The Kier molecular flexibility index (Phi) is 5.40. The van der Waals surface area contributed by atoms with E-state index in [-0.39, 0.29) is 6.10 Å². The van der Waals surface area contributed by atoms with E-state index >= 15 is 0 Å². The molecule has 0 aliphatic carbocycles. The topological polar surface area (TPSA) is 29.5 Å². The van der Waals surface area contributed by atoms with Crippen molar-refractivity contribution in [1.82, 2.24) is 0 Å². The summed E-state index contributed by atoms with van der Waals surface area (Å²) in [6.07, 6.45) is 2.08. The van der Waals surface area contributed by atoms with Crippen LogP contribution in [-0.2, 0) is 12.8 Å². The van der Waals surface area contributed by atoms with Gasteiger partial charge in [-0.2, -0.15) is 0 Å². The van der Waals surface area contributed by atoms with Crippen LogP contribution < -0.4 is 4.74 Å². The molecule has 2 heteroatoms. The minimum Gasteiger partial charge on any atom is -0.497 e. The van der Waals surface area contributed by atoms with Gasteiger partial charge in [-0.1, -0.05) is 30.3 Å². The Morgan fingerprint density at radius 1 is 0.952 bits per heavy atom. The standard InChI is InChI=1S/C19H24O2/c1-14-4-5-17(12-15(14)2)13-18(20)9-6-16-7-10-19(21-3)11-8-16/h4-5,7-8,10-12,18,20H,6,9,13H2,1-3H3. The van der Waals surface area contributed by atoms with Gasteiger partial charge in [0.1, 0.15) is 5.75 Å². The lowest BCUT2D eigenvalue weighted by molar-refractivity contribution is 0.165. The predicted molar refractivity (Wildman–Crippen MR) is 86.9 cm³/mol. The third-order valence-corrected chi connectivity index (χ3v) is 3.97. The van der Waals surface area contributed by atoms with Crippen molar-refractivity contribution < 1.29 is 9.84 Å². The van der Waals surface area contributed by atoms with Crippen LogP contribution in [-0.4, -0.2) is 18.3 Å². The first-order valence-corrected chi connectivity index (χ1v) is 7.45. The fourth-order valence-corrected chi connectivity index (χ4v) is 2.43. The van der Waals surface area contributed by atoms with Gasteiger partial charge in [-0.25, -0.2) is 0 Å². The average molecular weight is 284 g/mol. The molecule has 1 unspecified atom stereocenters. The van der Waals surface area contributed by atoms with Crippen LogP contribution in [0.25, 0.3) is 0 Å². The Bertz CT molecular complexity index is 573. The summed E-state index contributed by atoms with van der Waals surface area (Å²) >= 11 is 0. The predicted octanol–water partition coefficient (Wildman–Crippen LogP) is 3.85. The zero-order chi connectivity index (χ0) is 15.2. The summed E-state index contributed by atoms with van der Waals surface area (Å²) in [6.45, 7) is 4.22. The first kappa shape index (κ1) is 15.6. The van der Waals surface area contributed by atoms with Crippen LogP contribution in [0, 0.1) is 13.8 Å². The molecule has 0 aliphatic rings. The molecule has 0 bridgehead atoms. The van der Waals surface area contributed by atoms with Crippen molar-refractivity contribution in [3.63, 3.8) is 0 Å². The molecule has 2 aromatic carbocycles. The molecular weight excluding hydrogens is 260 g/mol. The Balaban J connectivity index is 1.86. The second-order valence-electron chi connectivity index (χ2n) is 5.66. The van der Waals surface area contributed by atoms with E-state index in [0.29, 0.717) is 0 Å². The fourth-order valence-electron chi connectivity index (χ4n) is 2.43. The Hall–Kier alpha value is -1.80. The molecule has 112 valence electrons. The molecule has 0 aromatic heterocycles. The van der Waals surface area contributed by atoms with Crippen molar-refractivity contribution in [1.29, 1.82) is 0 Å². The summed E-state index contributed by atoms with van der Waals surface area (Å²) in [5, 5.41) is 10.2. The number of aliphatic hydroxyl groups excluding tert-OH is 1. The quantitative estimate of drug-likeness (QED) is 0.873. The van der Waals surface area contributed by atoms with Crippen LogP contribution >= 0.6 is 0 Å². The fraction of sp³-hybridized carbons (Fsp3) is 0.368. The van der Waals surface area contributed by atoms with Gasteiger partial charge in [0.05, 0.1) is 13.2 Å². The van der Waals surface area contributed by atoms with Crippen LogP contribution in [0.5, 0.6) is 5.75 Å². The monoisotopic (exact) mass is 284 g/mol. The highest BCUT2D eigenvalue weighted by Gasteiger charge is 2.07. The summed E-state index contributed by atoms with van der Waals surface area (Å²) < 4.78 is 5.15. The highest BCUT2D eigenvalue weighted by Crippen LogP contribution is 2.16. The van der Waals surface area contributed by atoms with E-state index in [4.69, 9.17) is 4.74 Å². The van der Waals surface area contributed by atoms with Crippen molar-refractivity contribution >= 4 is 0 Å². The maximum atomic E-state index is 10.2. The van der Waals surface area contributed by atoms with Crippen molar-refractivity contribution in [2.75, 3.05) is 7.11 Å². The third kappa shape index (κ3) is 4.61. The largest absolute Gasteiger partial charge is 0.497 e. The number of ether oxygens (including phenoxy) is 1. The minimum atomic E-state index is -0.297. The van der Waals surface area contributed by atoms with Crippen molar-refractivity contribution in [3.8, 4) is 5.75 Å². The highest BCUT2D eigenvalue weighted by atomic mass is 16.5. The molecule has 0 radical (unpaired) electrons. The van der Waals surface area contributed by atoms with Gasteiger partial charge < -0.3 is 9.84 Å². The zero-order valence-corrected chi connectivity index (χ0v) is 13.1.